The summed E-state index contributed by atoms with van der Waals surface area (Å²) in [6.45, 7) is 4.95. The molecule has 0 saturated carbocycles. The van der Waals surface area contributed by atoms with Gasteiger partial charge in [-0.1, -0.05) is 12.1 Å². The lowest BCUT2D eigenvalue weighted by Gasteiger charge is -2.44. The second-order valence-electron chi connectivity index (χ2n) is 14.3. The summed E-state index contributed by atoms with van der Waals surface area (Å²) < 4.78 is 302. The van der Waals surface area contributed by atoms with Crippen LogP contribution in [0.5, 0.6) is 5.75 Å². The average Bonchev–Trinajstić information content (AvgIpc) is 3.29. The van der Waals surface area contributed by atoms with Crippen LogP contribution in [0.4, 0.5) is 87.8 Å². The first-order valence-corrected chi connectivity index (χ1v) is 18.3. The molecule has 1 aromatic heterocycles. The minimum absolute atomic E-state index is 0.211. The summed E-state index contributed by atoms with van der Waals surface area (Å²) in [6.07, 6.45) is -4.88. The fraction of sp³-hybridized carbons (Fsp3) is 0.0930. The smallest absolute Gasteiger partial charge is 0.212 e. The van der Waals surface area contributed by atoms with Gasteiger partial charge in [0.2, 0.25) is 5.52 Å². The molecule has 0 fully saturated rings. The van der Waals surface area contributed by atoms with Gasteiger partial charge in [0.15, 0.2) is 82.5 Å². The van der Waals surface area contributed by atoms with Crippen molar-refractivity contribution in [3.05, 3.63) is 189 Å². The van der Waals surface area contributed by atoms with Gasteiger partial charge < -0.3 is 4.74 Å². The van der Waals surface area contributed by atoms with Crippen molar-refractivity contribution in [2.75, 3.05) is 0 Å². The maximum Gasteiger partial charge on any atom is 0.212 e. The number of nitrogens with zero attached hydrogens (tertiary/aromatic N) is 1. The molecule has 0 spiro atoms. The van der Waals surface area contributed by atoms with Gasteiger partial charge in [0, 0.05) is 23.1 Å². The standard InChI is InChI=1S/C24BF20.C19H20NO/c26-5-1(6(27)14(35)21(42)13(5)34)25(2-7(28)15(36)22(43)16(37)8(2)29,3-9(30)17(38)23(44)18(39)10(3)31)4-11(32)19(40)24(45)20(41)12(4)33;1-15(2)21-18-11-9-16(10-12-18)14-20-13-5-7-17-6-3-4-8-19(17)20/h;3-13,15H,14H2,1-2H3/q-1;+1. The maximum atomic E-state index is 15.4. The van der Waals surface area contributed by atoms with Gasteiger partial charge >= 0.3 is 0 Å². The molecule has 0 atom stereocenters. The zero-order valence-corrected chi connectivity index (χ0v) is 32.6. The SMILES string of the molecule is CC(C)Oc1ccc(C[n+]2cccc3ccccc32)cc1.Fc1c(F)c(F)c([B-](c2c(F)c(F)c(F)c(F)c2F)(c2c(F)c(F)c(F)c(F)c2F)c2c(F)c(F)c(F)c(F)c2F)c(F)c1F. The number of aromatic nitrogens is 1. The molecular formula is C43H20BF20NO. The highest BCUT2D eigenvalue weighted by molar-refractivity contribution is 7.20. The second kappa shape index (κ2) is 18.2. The highest BCUT2D eigenvalue weighted by atomic mass is 19.2. The number of fused-ring (bicyclic) bond motifs is 1. The van der Waals surface area contributed by atoms with E-state index < -0.39 is 144 Å². The first kappa shape index (κ1) is 48.6. The van der Waals surface area contributed by atoms with E-state index >= 15 is 35.1 Å². The molecule has 0 bridgehead atoms. The first-order valence-electron chi connectivity index (χ1n) is 18.3. The van der Waals surface area contributed by atoms with Crippen LogP contribution >= 0.6 is 0 Å². The Balaban J connectivity index is 0.000000284. The second-order valence-corrected chi connectivity index (χ2v) is 14.3. The van der Waals surface area contributed by atoms with Gasteiger partial charge in [0.05, 0.1) is 6.10 Å². The number of rotatable bonds is 8. The lowest BCUT2D eigenvalue weighted by atomic mass is 9.12. The molecule has 0 aliphatic heterocycles. The minimum Gasteiger partial charge on any atom is -0.491 e. The Morgan fingerprint density at radius 1 is 0.379 bits per heavy atom. The zero-order valence-electron chi connectivity index (χ0n) is 32.6. The quantitative estimate of drug-likeness (QED) is 0.0487. The maximum absolute atomic E-state index is 15.4. The fourth-order valence-corrected chi connectivity index (χ4v) is 7.38. The molecule has 0 N–H and O–H groups in total. The summed E-state index contributed by atoms with van der Waals surface area (Å²) >= 11 is 0. The van der Waals surface area contributed by atoms with Gasteiger partial charge in [-0.15, -0.1) is 21.9 Å². The van der Waals surface area contributed by atoms with Gasteiger partial charge in [-0.2, -0.15) is 4.57 Å². The van der Waals surface area contributed by atoms with Crippen molar-refractivity contribution in [1.82, 2.24) is 0 Å². The molecule has 0 radical (unpaired) electrons. The number of pyridine rings is 1. The third-order valence-corrected chi connectivity index (χ3v) is 10.1. The number of para-hydroxylation sites is 1. The molecule has 0 unspecified atom stereocenters. The van der Waals surface area contributed by atoms with E-state index in [-0.39, 0.29) is 6.10 Å². The predicted molar refractivity (Wildman–Crippen MR) is 195 cm³/mol. The van der Waals surface area contributed by atoms with Crippen LogP contribution in [0.3, 0.4) is 0 Å². The van der Waals surface area contributed by atoms with E-state index in [1.807, 2.05) is 26.0 Å². The van der Waals surface area contributed by atoms with Crippen molar-refractivity contribution in [3.63, 3.8) is 0 Å². The molecule has 66 heavy (non-hydrogen) atoms. The molecule has 23 heteroatoms. The largest absolute Gasteiger partial charge is 0.491 e. The van der Waals surface area contributed by atoms with Crippen LogP contribution in [0, 0.1) is 116 Å². The molecule has 0 saturated heterocycles. The molecule has 7 rings (SSSR count). The Hall–Kier alpha value is -6.81. The molecule has 7 aromatic rings. The van der Waals surface area contributed by atoms with Crippen LogP contribution in [0.25, 0.3) is 10.9 Å². The van der Waals surface area contributed by atoms with E-state index in [0.29, 0.717) is 0 Å². The Kier molecular flexibility index (Phi) is 13.4. The summed E-state index contributed by atoms with van der Waals surface area (Å²) in [6, 6.07) is 21.0. The summed E-state index contributed by atoms with van der Waals surface area (Å²) in [5.41, 5.74) is -11.8. The third-order valence-electron chi connectivity index (χ3n) is 10.1. The predicted octanol–water partition coefficient (Wildman–Crippen LogP) is 9.81. The van der Waals surface area contributed by atoms with Crippen molar-refractivity contribution in [3.8, 4) is 5.75 Å². The van der Waals surface area contributed by atoms with E-state index in [2.05, 4.69) is 59.3 Å². The summed E-state index contributed by atoms with van der Waals surface area (Å²) in [7, 11) is 0. The molecule has 2 nitrogen and oxygen atoms in total. The van der Waals surface area contributed by atoms with Gasteiger partial charge in [-0.3, -0.25) is 0 Å². The van der Waals surface area contributed by atoms with E-state index in [4.69, 9.17) is 4.74 Å². The summed E-state index contributed by atoms with van der Waals surface area (Å²) in [5.74, 6) is -70.5. The number of hydrogen-bond donors (Lipinski definition) is 0. The average molecular weight is 957 g/mol. The van der Waals surface area contributed by atoms with E-state index in [0.717, 1.165) is 12.3 Å². The van der Waals surface area contributed by atoms with Crippen LogP contribution in [0.1, 0.15) is 19.4 Å². The lowest BCUT2D eigenvalue weighted by Crippen LogP contribution is -2.81. The fourth-order valence-electron chi connectivity index (χ4n) is 7.38. The van der Waals surface area contributed by atoms with Crippen molar-refractivity contribution < 1.29 is 97.1 Å². The van der Waals surface area contributed by atoms with Crippen LogP contribution in [-0.2, 0) is 6.54 Å². The molecule has 6 aromatic carbocycles. The Morgan fingerprint density at radius 3 is 0.985 bits per heavy atom. The number of benzene rings is 6. The van der Waals surface area contributed by atoms with Crippen LogP contribution in [-0.4, -0.2) is 12.2 Å². The number of hydrogen-bond acceptors (Lipinski definition) is 1. The summed E-state index contributed by atoms with van der Waals surface area (Å²) in [4.78, 5) is 0. The highest BCUT2D eigenvalue weighted by Gasteiger charge is 2.52. The lowest BCUT2D eigenvalue weighted by molar-refractivity contribution is -0.662. The first-order chi connectivity index (χ1) is 30.9. The summed E-state index contributed by atoms with van der Waals surface area (Å²) in [5, 5.41) is 1.26. The van der Waals surface area contributed by atoms with Crippen molar-refractivity contribution in [1.29, 1.82) is 0 Å². The van der Waals surface area contributed by atoms with E-state index in [1.165, 1.54) is 16.5 Å². The molecule has 346 valence electrons. The minimum atomic E-state index is -7.22. The Morgan fingerprint density at radius 2 is 0.667 bits per heavy atom. The van der Waals surface area contributed by atoms with Crippen LogP contribution in [0.2, 0.25) is 0 Å². The van der Waals surface area contributed by atoms with Gasteiger partial charge in [0.1, 0.15) is 58.4 Å². The van der Waals surface area contributed by atoms with Gasteiger partial charge in [-0.05, 0) is 50.2 Å². The molecule has 1 heterocycles. The zero-order chi connectivity index (χ0) is 49.0. The third kappa shape index (κ3) is 7.80. The van der Waals surface area contributed by atoms with Crippen molar-refractivity contribution in [2.45, 2.75) is 26.5 Å². The van der Waals surface area contributed by atoms with Gasteiger partial charge in [0.25, 0.3) is 0 Å². The molecule has 0 aliphatic rings. The number of ether oxygens (including phenoxy) is 1. The van der Waals surface area contributed by atoms with Crippen molar-refractivity contribution in [2.24, 2.45) is 0 Å². The van der Waals surface area contributed by atoms with Gasteiger partial charge in [-0.25, -0.2) is 87.8 Å². The monoisotopic (exact) mass is 957 g/mol. The Labute approximate surface area is 356 Å². The van der Waals surface area contributed by atoms with Crippen LogP contribution in [0.15, 0.2) is 66.9 Å². The van der Waals surface area contributed by atoms with E-state index in [9.17, 15) is 52.7 Å². The Bertz CT molecular complexity index is 2680. The normalized spacial score (nSPS) is 11.7. The van der Waals surface area contributed by atoms with Crippen LogP contribution < -0.4 is 31.2 Å². The number of halogens is 20. The molecular weight excluding hydrogens is 937 g/mol. The molecule has 0 amide bonds. The van der Waals surface area contributed by atoms with E-state index in [1.54, 1.807) is 0 Å². The molecule has 0 aliphatic carbocycles. The highest BCUT2D eigenvalue weighted by Crippen LogP contribution is 2.31. The topological polar surface area (TPSA) is 13.1 Å². The van der Waals surface area contributed by atoms with Crippen molar-refractivity contribution >= 4 is 38.9 Å².